The van der Waals surface area contributed by atoms with E-state index < -0.39 is 12.3 Å². The topological polar surface area (TPSA) is 116 Å². The molecule has 1 heterocycles. The molecule has 3 aromatic carbocycles. The minimum absolute atomic E-state index is 0.000996. The van der Waals surface area contributed by atoms with Gasteiger partial charge < -0.3 is 24.3 Å². The second-order valence-corrected chi connectivity index (χ2v) is 10.4. The zero-order valence-electron chi connectivity index (χ0n) is 26.7. The van der Waals surface area contributed by atoms with Gasteiger partial charge in [0.15, 0.2) is 11.5 Å². The van der Waals surface area contributed by atoms with Crippen LogP contribution in [0.2, 0.25) is 0 Å². The molecule has 4 rings (SSSR count). The lowest BCUT2D eigenvalue weighted by molar-refractivity contribution is -0.203. The number of carbonyl (C=O) groups excluding carboxylic acids is 3. The van der Waals surface area contributed by atoms with Crippen LogP contribution in [0.1, 0.15) is 36.6 Å². The molecule has 1 saturated heterocycles. The molecule has 1 fully saturated rings. The summed E-state index contributed by atoms with van der Waals surface area (Å²) < 4.78 is 19.9. The molecular formula is C36H41N3O8. The third-order valence-electron chi connectivity index (χ3n) is 7.04. The Kier molecular flexibility index (Phi) is 14.0. The van der Waals surface area contributed by atoms with E-state index in [0.29, 0.717) is 12.1 Å². The minimum Gasteiger partial charge on any atom is -0.434 e. The third kappa shape index (κ3) is 11.7. The number of nitrogens with one attached hydrogen (secondary N) is 1. The van der Waals surface area contributed by atoms with Gasteiger partial charge in [0.05, 0.1) is 13.2 Å². The Bertz CT molecular complexity index is 1450. The zero-order chi connectivity index (χ0) is 33.3. The van der Waals surface area contributed by atoms with Crippen LogP contribution >= 0.6 is 0 Å². The maximum absolute atomic E-state index is 12.4. The van der Waals surface area contributed by atoms with E-state index in [1.165, 1.54) is 18.2 Å². The highest BCUT2D eigenvalue weighted by molar-refractivity contribution is 5.87. The van der Waals surface area contributed by atoms with Crippen molar-refractivity contribution in [2.75, 3.05) is 52.5 Å². The molecule has 1 amide bonds. The highest BCUT2D eigenvalue weighted by atomic mass is 16.7. The molecule has 0 aliphatic carbocycles. The fraction of sp³-hybridized carbons (Fsp3) is 0.306. The molecule has 0 spiro atoms. The number of rotatable bonds is 14. The van der Waals surface area contributed by atoms with Gasteiger partial charge in [-0.25, -0.2) is 9.59 Å². The first-order valence-corrected chi connectivity index (χ1v) is 15.6. The Morgan fingerprint density at radius 1 is 0.766 bits per heavy atom. The molecule has 11 nitrogen and oxygen atoms in total. The fourth-order valence-corrected chi connectivity index (χ4v) is 4.75. The van der Waals surface area contributed by atoms with Crippen molar-refractivity contribution >= 4 is 24.3 Å². The molecule has 1 aliphatic rings. The zero-order valence-corrected chi connectivity index (χ0v) is 26.7. The molecule has 0 aromatic heterocycles. The number of ether oxygens (including phenoxy) is 4. The van der Waals surface area contributed by atoms with Crippen LogP contribution in [0, 0.1) is 0 Å². The van der Waals surface area contributed by atoms with Crippen molar-refractivity contribution in [2.24, 2.45) is 0 Å². The van der Waals surface area contributed by atoms with E-state index in [2.05, 4.69) is 34.5 Å². The molecule has 47 heavy (non-hydrogen) atoms. The first-order chi connectivity index (χ1) is 22.9. The Labute approximate surface area is 275 Å². The molecule has 0 bridgehead atoms. The monoisotopic (exact) mass is 643 g/mol. The molecule has 3 aromatic rings. The van der Waals surface area contributed by atoms with Crippen LogP contribution in [0.4, 0.5) is 9.59 Å². The largest absolute Gasteiger partial charge is 0.513 e. The number of hydrogen-bond donors (Lipinski definition) is 1. The van der Waals surface area contributed by atoms with Gasteiger partial charge in [0.2, 0.25) is 5.91 Å². The summed E-state index contributed by atoms with van der Waals surface area (Å²) in [5.41, 5.74) is 2.85. The number of amides is 1. The average Bonchev–Trinajstić information content (AvgIpc) is 3.08. The Hall–Kier alpha value is -4.97. The Balaban J connectivity index is 1.21. The number of hydrogen-bond acceptors (Lipinski definition) is 10. The molecular weight excluding hydrogens is 602 g/mol. The lowest BCUT2D eigenvalue weighted by Gasteiger charge is -2.36. The van der Waals surface area contributed by atoms with E-state index in [4.69, 9.17) is 23.8 Å². The number of piperazine rings is 1. The standard InChI is InChI=1S/C36H41N3O8/c1-3-43-35(41)45-31-20-19-28(27-32(31)46-36(42)44-4-2)13-11-12-18-33(40)37-21-22-38-23-25-39(26-24-38)47-34(29-14-7-5-8-15-29)30-16-9-6-10-17-30/h5-20,27,34H,3-4,21-26H2,1-2H3,(H,37,40). The maximum atomic E-state index is 12.4. The van der Waals surface area contributed by atoms with Crippen LogP contribution < -0.4 is 14.8 Å². The van der Waals surface area contributed by atoms with Gasteiger partial charge in [0.1, 0.15) is 6.10 Å². The van der Waals surface area contributed by atoms with Crippen LogP contribution in [-0.4, -0.2) is 80.7 Å². The van der Waals surface area contributed by atoms with Crippen LogP contribution in [0.15, 0.2) is 97.1 Å². The van der Waals surface area contributed by atoms with Crippen molar-refractivity contribution in [1.29, 1.82) is 0 Å². The highest BCUT2D eigenvalue weighted by Crippen LogP contribution is 2.30. The van der Waals surface area contributed by atoms with Gasteiger partial charge in [0.25, 0.3) is 0 Å². The number of benzene rings is 3. The van der Waals surface area contributed by atoms with Gasteiger partial charge >= 0.3 is 12.3 Å². The summed E-state index contributed by atoms with van der Waals surface area (Å²) in [7, 11) is 0. The molecule has 0 radical (unpaired) electrons. The second kappa shape index (κ2) is 18.9. The molecule has 1 aliphatic heterocycles. The van der Waals surface area contributed by atoms with Crippen molar-refractivity contribution in [3.63, 3.8) is 0 Å². The predicted octanol–water partition coefficient (Wildman–Crippen LogP) is 5.78. The van der Waals surface area contributed by atoms with E-state index in [-0.39, 0.29) is 36.7 Å². The summed E-state index contributed by atoms with van der Waals surface area (Å²) in [6.45, 7) is 7.97. The van der Waals surface area contributed by atoms with E-state index >= 15 is 0 Å². The smallest absolute Gasteiger partial charge is 0.434 e. The second-order valence-electron chi connectivity index (χ2n) is 10.4. The summed E-state index contributed by atoms with van der Waals surface area (Å²) >= 11 is 0. The normalized spacial score (nSPS) is 13.9. The summed E-state index contributed by atoms with van der Waals surface area (Å²) in [5, 5.41) is 4.95. The average molecular weight is 644 g/mol. The molecule has 1 N–H and O–H groups in total. The number of allylic oxidation sites excluding steroid dienone is 2. The number of carbonyl (C=O) groups is 3. The predicted molar refractivity (Wildman–Crippen MR) is 177 cm³/mol. The SMILES string of the molecule is CCOC(=O)Oc1ccc(C=CC=CC(=O)NCCN2CCN(OC(c3ccccc3)c3ccccc3)CC2)cc1OC(=O)OCC. The summed E-state index contributed by atoms with van der Waals surface area (Å²) in [4.78, 5) is 44.8. The van der Waals surface area contributed by atoms with E-state index in [0.717, 1.165) is 43.9 Å². The summed E-state index contributed by atoms with van der Waals surface area (Å²) in [6.07, 6.45) is 4.39. The maximum Gasteiger partial charge on any atom is 0.513 e. The Morgan fingerprint density at radius 3 is 1.96 bits per heavy atom. The molecule has 0 saturated carbocycles. The van der Waals surface area contributed by atoms with Crippen LogP contribution in [0.25, 0.3) is 6.08 Å². The van der Waals surface area contributed by atoms with Gasteiger partial charge in [-0.2, -0.15) is 5.06 Å². The summed E-state index contributed by atoms with van der Waals surface area (Å²) in [5.74, 6) is -0.226. The lowest BCUT2D eigenvalue weighted by atomic mass is 10.0. The first-order valence-electron chi connectivity index (χ1n) is 15.6. The fourth-order valence-electron chi connectivity index (χ4n) is 4.75. The van der Waals surface area contributed by atoms with Gasteiger partial charge in [0, 0.05) is 45.3 Å². The van der Waals surface area contributed by atoms with Crippen molar-refractivity contribution in [3.8, 4) is 11.5 Å². The van der Waals surface area contributed by atoms with Gasteiger partial charge in [-0.1, -0.05) is 85.0 Å². The molecule has 248 valence electrons. The number of hydroxylamine groups is 2. The van der Waals surface area contributed by atoms with Crippen LogP contribution in [0.5, 0.6) is 11.5 Å². The quantitative estimate of drug-likeness (QED) is 0.100. The Morgan fingerprint density at radius 2 is 1.36 bits per heavy atom. The summed E-state index contributed by atoms with van der Waals surface area (Å²) in [6, 6.07) is 25.1. The van der Waals surface area contributed by atoms with Crippen molar-refractivity contribution < 1.29 is 38.2 Å². The van der Waals surface area contributed by atoms with E-state index in [9.17, 15) is 14.4 Å². The van der Waals surface area contributed by atoms with Crippen LogP contribution in [-0.2, 0) is 19.1 Å². The first kappa shape index (κ1) is 34.9. The van der Waals surface area contributed by atoms with Crippen LogP contribution in [0.3, 0.4) is 0 Å². The van der Waals surface area contributed by atoms with Gasteiger partial charge in [-0.3, -0.25) is 14.5 Å². The lowest BCUT2D eigenvalue weighted by Crippen LogP contribution is -2.48. The van der Waals surface area contributed by atoms with Crippen molar-refractivity contribution in [3.05, 3.63) is 114 Å². The molecule has 0 unspecified atom stereocenters. The van der Waals surface area contributed by atoms with Gasteiger partial charge in [-0.05, 0) is 42.7 Å². The van der Waals surface area contributed by atoms with Crippen molar-refractivity contribution in [1.82, 2.24) is 15.3 Å². The number of nitrogens with zero attached hydrogens (tertiary/aromatic N) is 2. The molecule has 0 atom stereocenters. The third-order valence-corrected chi connectivity index (χ3v) is 7.04. The van der Waals surface area contributed by atoms with E-state index in [1.54, 1.807) is 38.1 Å². The van der Waals surface area contributed by atoms with E-state index in [1.807, 2.05) is 41.5 Å². The molecule has 11 heteroatoms. The van der Waals surface area contributed by atoms with Gasteiger partial charge in [-0.15, -0.1) is 0 Å². The van der Waals surface area contributed by atoms with Crippen molar-refractivity contribution in [2.45, 2.75) is 20.0 Å². The minimum atomic E-state index is -0.936. The highest BCUT2D eigenvalue weighted by Gasteiger charge is 2.23.